The fraction of sp³-hybridized carbons (Fsp3) is 0.292. The van der Waals surface area contributed by atoms with Gasteiger partial charge in [0.2, 0.25) is 5.88 Å². The molecule has 30 heavy (non-hydrogen) atoms. The number of rotatable bonds is 5. The predicted octanol–water partition coefficient (Wildman–Crippen LogP) is 4.60. The minimum atomic E-state index is -0.392. The quantitative estimate of drug-likeness (QED) is 0.622. The molecular weight excluding hydrogens is 381 g/mol. The summed E-state index contributed by atoms with van der Waals surface area (Å²) in [5.41, 5.74) is 2.23. The van der Waals surface area contributed by atoms with Crippen LogP contribution in [-0.2, 0) is 0 Å². The van der Waals surface area contributed by atoms with E-state index in [2.05, 4.69) is 16.9 Å². The van der Waals surface area contributed by atoms with Crippen LogP contribution in [-0.4, -0.2) is 40.0 Å². The molecule has 1 fully saturated rings. The van der Waals surface area contributed by atoms with Crippen LogP contribution in [0.2, 0.25) is 0 Å². The zero-order valence-electron chi connectivity index (χ0n) is 16.9. The van der Waals surface area contributed by atoms with Gasteiger partial charge in [-0.1, -0.05) is 30.3 Å². The van der Waals surface area contributed by atoms with Crippen LogP contribution >= 0.6 is 0 Å². The van der Waals surface area contributed by atoms with Gasteiger partial charge in [-0.2, -0.15) is 0 Å². The molecule has 0 spiro atoms. The number of hydrogen-bond acceptors (Lipinski definition) is 4. The summed E-state index contributed by atoms with van der Waals surface area (Å²) in [6.45, 7) is 3.12. The summed E-state index contributed by atoms with van der Waals surface area (Å²) in [6, 6.07) is 16.4. The molecule has 3 heterocycles. The van der Waals surface area contributed by atoms with Gasteiger partial charge in [-0.25, -0.2) is 9.37 Å². The summed E-state index contributed by atoms with van der Waals surface area (Å²) in [4.78, 5) is 23.8. The summed E-state index contributed by atoms with van der Waals surface area (Å²) in [6.07, 6.45) is 4.72. The Morgan fingerprint density at radius 2 is 1.93 bits per heavy atom. The number of pyridine rings is 2. The van der Waals surface area contributed by atoms with E-state index in [1.807, 2.05) is 41.3 Å². The number of piperidine rings is 1. The van der Waals surface area contributed by atoms with Gasteiger partial charge in [0.15, 0.2) is 0 Å². The van der Waals surface area contributed by atoms with E-state index >= 15 is 0 Å². The van der Waals surface area contributed by atoms with Gasteiger partial charge in [0.1, 0.15) is 5.82 Å². The predicted molar refractivity (Wildman–Crippen MR) is 113 cm³/mol. The molecule has 2 atom stereocenters. The Morgan fingerprint density at radius 1 is 1.10 bits per heavy atom. The van der Waals surface area contributed by atoms with Gasteiger partial charge >= 0.3 is 0 Å². The molecule has 0 saturated carbocycles. The molecular formula is C24H24FN3O2. The van der Waals surface area contributed by atoms with E-state index in [-0.39, 0.29) is 17.9 Å². The summed E-state index contributed by atoms with van der Waals surface area (Å²) >= 11 is 0. The fourth-order valence-electron chi connectivity index (χ4n) is 3.81. The number of amides is 1. The van der Waals surface area contributed by atoms with E-state index < -0.39 is 5.82 Å². The van der Waals surface area contributed by atoms with Crippen LogP contribution in [0.4, 0.5) is 4.39 Å². The minimum absolute atomic E-state index is 0.0148. The SMILES string of the molecule is CC1CCC(COc2ccc(F)cn2)CN1C(=O)c1cccnc1-c1ccccc1. The summed E-state index contributed by atoms with van der Waals surface area (Å²) in [7, 11) is 0. The Hall–Kier alpha value is -3.28. The fourth-order valence-corrected chi connectivity index (χ4v) is 3.81. The molecule has 1 aromatic carbocycles. The number of halogens is 1. The third-order valence-corrected chi connectivity index (χ3v) is 5.49. The maximum Gasteiger partial charge on any atom is 0.256 e. The molecule has 0 aliphatic carbocycles. The molecule has 0 N–H and O–H groups in total. The Bertz CT molecular complexity index is 995. The van der Waals surface area contributed by atoms with E-state index in [4.69, 9.17) is 4.74 Å². The van der Waals surface area contributed by atoms with Crippen LogP contribution in [0.1, 0.15) is 30.1 Å². The van der Waals surface area contributed by atoms with Crippen LogP contribution in [0, 0.1) is 11.7 Å². The summed E-state index contributed by atoms with van der Waals surface area (Å²) in [5, 5.41) is 0. The number of carbonyl (C=O) groups excluding carboxylic acids is 1. The first-order valence-electron chi connectivity index (χ1n) is 10.2. The largest absolute Gasteiger partial charge is 0.477 e. The smallest absolute Gasteiger partial charge is 0.256 e. The van der Waals surface area contributed by atoms with Crippen molar-refractivity contribution < 1.29 is 13.9 Å². The van der Waals surface area contributed by atoms with Gasteiger partial charge in [-0.05, 0) is 38.0 Å². The Labute approximate surface area is 175 Å². The van der Waals surface area contributed by atoms with Crippen LogP contribution < -0.4 is 4.74 Å². The van der Waals surface area contributed by atoms with E-state index in [0.29, 0.717) is 30.3 Å². The number of aromatic nitrogens is 2. The Balaban J connectivity index is 1.49. The lowest BCUT2D eigenvalue weighted by Crippen LogP contribution is -2.47. The van der Waals surface area contributed by atoms with Crippen molar-refractivity contribution in [3.05, 3.63) is 78.4 Å². The second kappa shape index (κ2) is 9.03. The highest BCUT2D eigenvalue weighted by atomic mass is 19.1. The van der Waals surface area contributed by atoms with Crippen LogP contribution in [0.5, 0.6) is 5.88 Å². The molecule has 2 unspecified atom stereocenters. The van der Waals surface area contributed by atoms with Crippen molar-refractivity contribution in [1.82, 2.24) is 14.9 Å². The number of likely N-dealkylation sites (tertiary alicyclic amines) is 1. The second-order valence-electron chi connectivity index (χ2n) is 7.64. The molecule has 4 rings (SSSR count). The van der Waals surface area contributed by atoms with Crippen molar-refractivity contribution in [2.75, 3.05) is 13.2 Å². The van der Waals surface area contributed by atoms with Crippen LogP contribution in [0.25, 0.3) is 11.3 Å². The lowest BCUT2D eigenvalue weighted by molar-refractivity contribution is 0.0503. The Kier molecular flexibility index (Phi) is 6.02. The minimum Gasteiger partial charge on any atom is -0.477 e. The van der Waals surface area contributed by atoms with Crippen molar-refractivity contribution in [1.29, 1.82) is 0 Å². The van der Waals surface area contributed by atoms with Crippen molar-refractivity contribution in [3.63, 3.8) is 0 Å². The lowest BCUT2D eigenvalue weighted by atomic mass is 9.93. The van der Waals surface area contributed by atoms with Gasteiger partial charge < -0.3 is 9.64 Å². The molecule has 1 saturated heterocycles. The Morgan fingerprint density at radius 3 is 2.70 bits per heavy atom. The van der Waals surface area contributed by atoms with E-state index in [0.717, 1.165) is 24.6 Å². The number of nitrogens with zero attached hydrogens (tertiary/aromatic N) is 3. The second-order valence-corrected chi connectivity index (χ2v) is 7.64. The van der Waals surface area contributed by atoms with E-state index in [1.54, 1.807) is 12.3 Å². The van der Waals surface area contributed by atoms with Gasteiger partial charge in [0.25, 0.3) is 5.91 Å². The third kappa shape index (κ3) is 4.48. The zero-order valence-corrected chi connectivity index (χ0v) is 16.9. The highest BCUT2D eigenvalue weighted by Gasteiger charge is 2.31. The highest BCUT2D eigenvalue weighted by Crippen LogP contribution is 2.28. The lowest BCUT2D eigenvalue weighted by Gasteiger charge is -2.38. The molecule has 2 aromatic heterocycles. The van der Waals surface area contributed by atoms with Gasteiger partial charge in [-0.3, -0.25) is 9.78 Å². The summed E-state index contributed by atoms with van der Waals surface area (Å²) < 4.78 is 18.7. The zero-order chi connectivity index (χ0) is 20.9. The maximum atomic E-state index is 13.5. The van der Waals surface area contributed by atoms with Gasteiger partial charge in [0.05, 0.1) is 24.1 Å². The molecule has 1 amide bonds. The number of carbonyl (C=O) groups is 1. The first kappa shape index (κ1) is 20.0. The average Bonchev–Trinajstić information content (AvgIpc) is 2.80. The molecule has 6 heteroatoms. The number of benzene rings is 1. The molecule has 5 nitrogen and oxygen atoms in total. The number of ether oxygens (including phenoxy) is 1. The molecule has 0 radical (unpaired) electrons. The van der Waals surface area contributed by atoms with Crippen molar-refractivity contribution in [2.24, 2.45) is 5.92 Å². The summed E-state index contributed by atoms with van der Waals surface area (Å²) in [5.74, 6) is 0.177. The molecule has 1 aliphatic heterocycles. The molecule has 1 aliphatic rings. The third-order valence-electron chi connectivity index (χ3n) is 5.49. The average molecular weight is 405 g/mol. The molecule has 154 valence electrons. The van der Waals surface area contributed by atoms with Gasteiger partial charge in [0, 0.05) is 36.3 Å². The van der Waals surface area contributed by atoms with E-state index in [1.165, 1.54) is 12.1 Å². The topological polar surface area (TPSA) is 55.3 Å². The monoisotopic (exact) mass is 405 g/mol. The van der Waals surface area contributed by atoms with Crippen molar-refractivity contribution >= 4 is 5.91 Å². The van der Waals surface area contributed by atoms with Crippen LogP contribution in [0.3, 0.4) is 0 Å². The normalized spacial score (nSPS) is 18.8. The van der Waals surface area contributed by atoms with Crippen LogP contribution in [0.15, 0.2) is 67.0 Å². The first-order valence-corrected chi connectivity index (χ1v) is 10.2. The maximum absolute atomic E-state index is 13.5. The molecule has 3 aromatic rings. The highest BCUT2D eigenvalue weighted by molar-refractivity contribution is 6.00. The van der Waals surface area contributed by atoms with Gasteiger partial charge in [-0.15, -0.1) is 0 Å². The number of hydrogen-bond donors (Lipinski definition) is 0. The van der Waals surface area contributed by atoms with Crippen molar-refractivity contribution in [2.45, 2.75) is 25.8 Å². The first-order chi connectivity index (χ1) is 14.6. The van der Waals surface area contributed by atoms with Crippen molar-refractivity contribution in [3.8, 4) is 17.1 Å². The van der Waals surface area contributed by atoms with E-state index in [9.17, 15) is 9.18 Å². The standard InChI is InChI=1S/C24H24FN3O2/c1-17-9-10-18(16-30-22-12-11-20(25)14-27-22)15-28(17)24(29)21-8-5-13-26-23(21)19-6-3-2-4-7-19/h2-8,11-14,17-18H,9-10,15-16H2,1H3. The molecule has 0 bridgehead atoms.